The van der Waals surface area contributed by atoms with Crippen molar-refractivity contribution in [2.24, 2.45) is 5.92 Å². The Labute approximate surface area is 89.4 Å². The summed E-state index contributed by atoms with van der Waals surface area (Å²) in [5, 5.41) is 9.08. The second kappa shape index (κ2) is 4.03. The van der Waals surface area contributed by atoms with Crippen LogP contribution in [0.2, 0.25) is 0 Å². The molecule has 0 radical (unpaired) electrons. The van der Waals surface area contributed by atoms with E-state index in [9.17, 15) is 0 Å². The van der Waals surface area contributed by atoms with E-state index in [0.717, 1.165) is 23.1 Å². The highest BCUT2D eigenvalue weighted by molar-refractivity contribution is 5.76. The monoisotopic (exact) mass is 204 g/mol. The fourth-order valence-electron chi connectivity index (χ4n) is 1.74. The molecule has 1 N–H and O–H groups in total. The molecule has 2 rings (SSSR count). The number of imidazole rings is 1. The zero-order valence-electron chi connectivity index (χ0n) is 9.14. The number of nitrogens with zero attached hydrogens (tertiary/aromatic N) is 2. The van der Waals surface area contributed by atoms with Gasteiger partial charge in [0.05, 0.1) is 24.0 Å². The number of benzene rings is 1. The maximum absolute atomic E-state index is 9.08. The van der Waals surface area contributed by atoms with Gasteiger partial charge in [0.25, 0.3) is 0 Å². The van der Waals surface area contributed by atoms with Crippen molar-refractivity contribution in [3.63, 3.8) is 0 Å². The summed E-state index contributed by atoms with van der Waals surface area (Å²) in [4.78, 5) is 4.33. The van der Waals surface area contributed by atoms with E-state index in [1.807, 2.05) is 24.5 Å². The molecule has 1 aromatic carbocycles. The third-order valence-corrected chi connectivity index (χ3v) is 2.43. The van der Waals surface area contributed by atoms with Crippen LogP contribution in [0.4, 0.5) is 0 Å². The van der Waals surface area contributed by atoms with E-state index in [1.54, 1.807) is 0 Å². The molecule has 0 aliphatic rings. The van der Waals surface area contributed by atoms with E-state index in [1.165, 1.54) is 0 Å². The Kier molecular flexibility index (Phi) is 2.73. The summed E-state index contributed by atoms with van der Waals surface area (Å²) in [6.07, 6.45) is 1.87. The largest absolute Gasteiger partial charge is 0.392 e. The van der Waals surface area contributed by atoms with E-state index in [0.29, 0.717) is 5.92 Å². The summed E-state index contributed by atoms with van der Waals surface area (Å²) in [6, 6.07) is 5.87. The number of aliphatic hydroxyl groups is 1. The fourth-order valence-corrected chi connectivity index (χ4v) is 1.74. The van der Waals surface area contributed by atoms with E-state index in [2.05, 4.69) is 23.4 Å². The number of hydrogen-bond acceptors (Lipinski definition) is 2. The van der Waals surface area contributed by atoms with Crippen LogP contribution in [0.3, 0.4) is 0 Å². The summed E-state index contributed by atoms with van der Waals surface area (Å²) >= 11 is 0. The Morgan fingerprint density at radius 2 is 2.20 bits per heavy atom. The average molecular weight is 204 g/mol. The molecule has 0 unspecified atom stereocenters. The molecule has 0 fully saturated rings. The molecule has 0 amide bonds. The van der Waals surface area contributed by atoms with E-state index >= 15 is 0 Å². The van der Waals surface area contributed by atoms with Gasteiger partial charge >= 0.3 is 0 Å². The molecule has 0 spiro atoms. The number of rotatable bonds is 3. The zero-order chi connectivity index (χ0) is 10.8. The lowest BCUT2D eigenvalue weighted by molar-refractivity contribution is 0.282. The molecule has 2 aromatic rings. The van der Waals surface area contributed by atoms with Crippen LogP contribution in [0, 0.1) is 5.92 Å². The highest BCUT2D eigenvalue weighted by Gasteiger charge is 2.04. The summed E-state index contributed by atoms with van der Waals surface area (Å²) in [6.45, 7) is 5.41. The second-order valence-corrected chi connectivity index (χ2v) is 4.27. The van der Waals surface area contributed by atoms with Crippen molar-refractivity contribution in [2.75, 3.05) is 0 Å². The van der Waals surface area contributed by atoms with Gasteiger partial charge in [0.1, 0.15) is 0 Å². The topological polar surface area (TPSA) is 38.0 Å². The first-order chi connectivity index (χ1) is 7.20. The maximum Gasteiger partial charge on any atom is 0.0958 e. The van der Waals surface area contributed by atoms with Gasteiger partial charge < -0.3 is 9.67 Å². The van der Waals surface area contributed by atoms with Crippen LogP contribution < -0.4 is 0 Å². The lowest BCUT2D eigenvalue weighted by Crippen LogP contribution is -2.02. The molecule has 0 bridgehead atoms. The molecule has 1 aromatic heterocycles. The van der Waals surface area contributed by atoms with E-state index in [-0.39, 0.29) is 6.61 Å². The van der Waals surface area contributed by atoms with Crippen molar-refractivity contribution in [1.29, 1.82) is 0 Å². The SMILES string of the molecule is CC(C)Cn1cnc2ccc(CO)cc21. The highest BCUT2D eigenvalue weighted by Crippen LogP contribution is 2.16. The molecule has 0 aliphatic heterocycles. The highest BCUT2D eigenvalue weighted by atomic mass is 16.3. The van der Waals surface area contributed by atoms with Gasteiger partial charge in [-0.2, -0.15) is 0 Å². The Hall–Kier alpha value is -1.35. The summed E-state index contributed by atoms with van der Waals surface area (Å²) in [5.41, 5.74) is 3.04. The molecular weight excluding hydrogens is 188 g/mol. The van der Waals surface area contributed by atoms with Gasteiger partial charge in [-0.1, -0.05) is 19.9 Å². The zero-order valence-corrected chi connectivity index (χ0v) is 9.14. The molecule has 1 heterocycles. The van der Waals surface area contributed by atoms with Gasteiger partial charge in [-0.3, -0.25) is 0 Å². The maximum atomic E-state index is 9.08. The van der Waals surface area contributed by atoms with E-state index in [4.69, 9.17) is 5.11 Å². The van der Waals surface area contributed by atoms with Crippen LogP contribution >= 0.6 is 0 Å². The number of hydrogen-bond donors (Lipinski definition) is 1. The van der Waals surface area contributed by atoms with Gasteiger partial charge in [0.2, 0.25) is 0 Å². The third kappa shape index (κ3) is 2.02. The number of fused-ring (bicyclic) bond motifs is 1. The quantitative estimate of drug-likeness (QED) is 0.832. The Morgan fingerprint density at radius 1 is 1.40 bits per heavy atom. The van der Waals surface area contributed by atoms with Crippen LogP contribution in [-0.4, -0.2) is 14.7 Å². The van der Waals surface area contributed by atoms with Gasteiger partial charge in [-0.15, -0.1) is 0 Å². The predicted molar refractivity (Wildman–Crippen MR) is 60.5 cm³/mol. The van der Waals surface area contributed by atoms with Crippen LogP contribution in [0.25, 0.3) is 11.0 Å². The fraction of sp³-hybridized carbons (Fsp3) is 0.417. The Morgan fingerprint density at radius 3 is 2.87 bits per heavy atom. The minimum atomic E-state index is 0.0861. The van der Waals surface area contributed by atoms with Crippen LogP contribution in [0.1, 0.15) is 19.4 Å². The first-order valence-electron chi connectivity index (χ1n) is 5.25. The molecule has 15 heavy (non-hydrogen) atoms. The smallest absolute Gasteiger partial charge is 0.0958 e. The van der Waals surface area contributed by atoms with Crippen molar-refractivity contribution >= 4 is 11.0 Å². The van der Waals surface area contributed by atoms with Crippen molar-refractivity contribution in [3.8, 4) is 0 Å². The molecule has 3 heteroatoms. The summed E-state index contributed by atoms with van der Waals surface area (Å²) < 4.78 is 2.14. The number of aliphatic hydroxyl groups excluding tert-OH is 1. The molecule has 0 saturated carbocycles. The average Bonchev–Trinajstić information content (AvgIpc) is 2.60. The van der Waals surface area contributed by atoms with Crippen LogP contribution in [0.15, 0.2) is 24.5 Å². The summed E-state index contributed by atoms with van der Waals surface area (Å²) in [7, 11) is 0. The first kappa shape index (κ1) is 10.2. The second-order valence-electron chi connectivity index (χ2n) is 4.27. The third-order valence-electron chi connectivity index (χ3n) is 2.43. The minimum absolute atomic E-state index is 0.0861. The van der Waals surface area contributed by atoms with Gasteiger partial charge in [0, 0.05) is 6.54 Å². The van der Waals surface area contributed by atoms with Gasteiger partial charge in [-0.25, -0.2) is 4.98 Å². The van der Waals surface area contributed by atoms with Crippen molar-refractivity contribution in [1.82, 2.24) is 9.55 Å². The molecule has 80 valence electrons. The summed E-state index contributed by atoms with van der Waals surface area (Å²) in [5.74, 6) is 0.597. The first-order valence-corrected chi connectivity index (χ1v) is 5.25. The lowest BCUT2D eigenvalue weighted by atomic mass is 10.2. The lowest BCUT2D eigenvalue weighted by Gasteiger charge is -2.07. The van der Waals surface area contributed by atoms with Gasteiger partial charge in [0.15, 0.2) is 0 Å². The molecule has 0 aliphatic carbocycles. The van der Waals surface area contributed by atoms with E-state index < -0.39 is 0 Å². The van der Waals surface area contributed by atoms with Crippen LogP contribution in [0.5, 0.6) is 0 Å². The predicted octanol–water partition coefficient (Wildman–Crippen LogP) is 2.18. The van der Waals surface area contributed by atoms with Crippen molar-refractivity contribution in [2.45, 2.75) is 27.0 Å². The Bertz CT molecular complexity index is 460. The van der Waals surface area contributed by atoms with Crippen LogP contribution in [-0.2, 0) is 13.2 Å². The minimum Gasteiger partial charge on any atom is -0.392 e. The molecule has 0 saturated heterocycles. The van der Waals surface area contributed by atoms with Gasteiger partial charge in [-0.05, 0) is 23.6 Å². The molecular formula is C12H16N2O. The number of aromatic nitrogens is 2. The molecule has 0 atom stereocenters. The normalized spacial score (nSPS) is 11.5. The Balaban J connectivity index is 2.46. The van der Waals surface area contributed by atoms with Crippen molar-refractivity contribution in [3.05, 3.63) is 30.1 Å². The standard InChI is InChI=1S/C12H16N2O/c1-9(2)6-14-8-13-11-4-3-10(7-15)5-12(11)14/h3-5,8-9,15H,6-7H2,1-2H3. The van der Waals surface area contributed by atoms with Crippen molar-refractivity contribution < 1.29 is 5.11 Å². The molecule has 3 nitrogen and oxygen atoms in total.